The molecular weight excluding hydrogens is 515 g/mol. The van der Waals surface area contributed by atoms with Gasteiger partial charge >= 0.3 is 5.92 Å². The van der Waals surface area contributed by atoms with E-state index in [9.17, 15) is 26.4 Å². The van der Waals surface area contributed by atoms with Gasteiger partial charge in [0.25, 0.3) is 5.56 Å². The van der Waals surface area contributed by atoms with Crippen LogP contribution in [0.15, 0.2) is 41.5 Å². The van der Waals surface area contributed by atoms with E-state index in [1.54, 1.807) is 6.07 Å². The van der Waals surface area contributed by atoms with E-state index in [1.807, 2.05) is 0 Å². The van der Waals surface area contributed by atoms with Crippen molar-refractivity contribution in [1.29, 1.82) is 5.26 Å². The molecule has 0 amide bonds. The summed E-state index contributed by atoms with van der Waals surface area (Å²) >= 11 is 0. The normalized spacial score (nSPS) is 15.9. The van der Waals surface area contributed by atoms with Crippen molar-refractivity contribution in [3.63, 3.8) is 0 Å². The average Bonchev–Trinajstić information content (AvgIpc) is 2.82. The fourth-order valence-electron chi connectivity index (χ4n) is 4.01. The van der Waals surface area contributed by atoms with E-state index in [2.05, 4.69) is 15.3 Å². The van der Waals surface area contributed by atoms with Gasteiger partial charge in [-0.15, -0.1) is 0 Å². The highest BCUT2D eigenvalue weighted by Crippen LogP contribution is 2.34. The number of nitrogens with one attached hydrogen (secondary N) is 1. The summed E-state index contributed by atoms with van der Waals surface area (Å²) < 4.78 is 67.5. The quantitative estimate of drug-likeness (QED) is 0.529. The van der Waals surface area contributed by atoms with Crippen LogP contribution in [0.2, 0.25) is 0 Å². The van der Waals surface area contributed by atoms with Crippen LogP contribution in [0, 0.1) is 17.1 Å². The lowest BCUT2D eigenvalue weighted by Crippen LogP contribution is -2.24. The lowest BCUT2D eigenvalue weighted by Gasteiger charge is -2.20. The molecule has 1 atom stereocenters. The van der Waals surface area contributed by atoms with E-state index in [-0.39, 0.29) is 54.0 Å². The minimum absolute atomic E-state index is 0. The third-order valence-electron chi connectivity index (χ3n) is 5.94. The predicted molar refractivity (Wildman–Crippen MR) is 134 cm³/mol. The molecule has 0 fully saturated rings. The van der Waals surface area contributed by atoms with Crippen LogP contribution in [0.25, 0.3) is 16.6 Å². The Hall–Kier alpha value is -3.37. The Kier molecular flexibility index (Phi) is 7.52. The lowest BCUT2D eigenvalue weighted by atomic mass is 10.00. The first kappa shape index (κ1) is 27.2. The van der Waals surface area contributed by atoms with Gasteiger partial charge in [-0.05, 0) is 31.1 Å². The zero-order valence-corrected chi connectivity index (χ0v) is 21.0. The van der Waals surface area contributed by atoms with Gasteiger partial charge in [-0.2, -0.15) is 27.5 Å². The number of nitriles is 1. The molecule has 2 aromatic heterocycles. The molecule has 0 saturated carbocycles. The molecule has 0 bridgehead atoms. The number of alkyl halides is 2. The van der Waals surface area contributed by atoms with E-state index in [0.717, 1.165) is 12.1 Å². The minimum Gasteiger partial charge on any atom is -0.363 e. The van der Waals surface area contributed by atoms with Crippen molar-refractivity contribution in [3.05, 3.63) is 69.5 Å². The number of nitrogens with zero attached hydrogens (tertiary/aromatic N) is 4. The van der Waals surface area contributed by atoms with Crippen LogP contribution < -0.4 is 10.9 Å². The zero-order valence-electron chi connectivity index (χ0n) is 19.2. The maximum atomic E-state index is 14.9. The van der Waals surface area contributed by atoms with Gasteiger partial charge in [0.2, 0.25) is 0 Å². The SMILES string of the molecule is C[C@H](Nc1ncnc2c1cc(C1=CCS(=O)(=O)CC1)c(=O)n2C)c1cccc(C(F)(F)C#N)c1F.S. The molecule has 4 rings (SSSR count). The molecule has 1 aromatic carbocycles. The van der Waals surface area contributed by atoms with Crippen molar-refractivity contribution in [2.45, 2.75) is 25.3 Å². The fourth-order valence-corrected chi connectivity index (χ4v) is 5.16. The number of pyridine rings is 1. The number of halogens is 3. The molecule has 0 unspecified atom stereocenters. The first-order valence-electron chi connectivity index (χ1n) is 10.5. The number of fused-ring (bicyclic) bond motifs is 1. The largest absolute Gasteiger partial charge is 0.363 e. The van der Waals surface area contributed by atoms with Crippen molar-refractivity contribution < 1.29 is 21.6 Å². The summed E-state index contributed by atoms with van der Waals surface area (Å²) in [5.41, 5.74) is -0.335. The van der Waals surface area contributed by atoms with Crippen molar-refractivity contribution in [1.82, 2.24) is 14.5 Å². The molecule has 1 N–H and O–H groups in total. The Morgan fingerprint density at radius 3 is 2.64 bits per heavy atom. The maximum Gasteiger partial charge on any atom is 0.360 e. The van der Waals surface area contributed by atoms with Gasteiger partial charge in [-0.1, -0.05) is 18.2 Å². The zero-order chi connectivity index (χ0) is 25.5. The summed E-state index contributed by atoms with van der Waals surface area (Å²) in [6, 6.07) is 4.92. The second kappa shape index (κ2) is 9.94. The summed E-state index contributed by atoms with van der Waals surface area (Å²) in [4.78, 5) is 21.3. The van der Waals surface area contributed by atoms with Gasteiger partial charge in [0, 0.05) is 18.2 Å². The molecule has 1 aliphatic heterocycles. The Balaban J connectivity index is 0.00000361. The number of anilines is 1. The summed E-state index contributed by atoms with van der Waals surface area (Å²) in [5.74, 6) is -5.22. The van der Waals surface area contributed by atoms with E-state index < -0.39 is 33.2 Å². The van der Waals surface area contributed by atoms with E-state index in [0.29, 0.717) is 16.5 Å². The van der Waals surface area contributed by atoms with Crippen LogP contribution in [-0.2, 0) is 22.8 Å². The Morgan fingerprint density at radius 2 is 2.00 bits per heavy atom. The molecule has 8 nitrogen and oxygen atoms in total. The van der Waals surface area contributed by atoms with E-state index >= 15 is 0 Å². The first-order valence-corrected chi connectivity index (χ1v) is 12.4. The second-order valence-corrected chi connectivity index (χ2v) is 10.5. The molecule has 0 spiro atoms. The summed E-state index contributed by atoms with van der Waals surface area (Å²) in [7, 11) is -1.68. The molecule has 1 aliphatic rings. The molecule has 0 saturated heterocycles. The van der Waals surface area contributed by atoms with Crippen molar-refractivity contribution in [2.75, 3.05) is 16.8 Å². The number of rotatable bonds is 5. The van der Waals surface area contributed by atoms with Crippen molar-refractivity contribution >= 4 is 45.8 Å². The maximum absolute atomic E-state index is 14.9. The highest BCUT2D eigenvalue weighted by molar-refractivity contribution is 7.91. The molecule has 36 heavy (non-hydrogen) atoms. The fraction of sp³-hybridized carbons (Fsp3) is 0.304. The highest BCUT2D eigenvalue weighted by atomic mass is 32.2. The van der Waals surface area contributed by atoms with Crippen molar-refractivity contribution in [3.8, 4) is 6.07 Å². The molecule has 3 aromatic rings. The number of benzene rings is 1. The summed E-state index contributed by atoms with van der Waals surface area (Å²) in [6.45, 7) is 1.54. The first-order chi connectivity index (χ1) is 16.4. The second-order valence-electron chi connectivity index (χ2n) is 8.24. The monoisotopic (exact) mass is 537 g/mol. The van der Waals surface area contributed by atoms with Crippen molar-refractivity contribution in [2.24, 2.45) is 7.05 Å². The van der Waals surface area contributed by atoms with E-state index in [1.165, 1.54) is 43.1 Å². The van der Waals surface area contributed by atoms with Crippen LogP contribution in [0.5, 0.6) is 0 Å². The number of sulfone groups is 1. The van der Waals surface area contributed by atoms with Crippen LogP contribution >= 0.6 is 13.5 Å². The van der Waals surface area contributed by atoms with Gasteiger partial charge in [0.15, 0.2) is 9.84 Å². The topological polar surface area (TPSA) is 118 Å². The van der Waals surface area contributed by atoms with Crippen LogP contribution in [0.1, 0.15) is 36.1 Å². The molecule has 0 radical (unpaired) electrons. The third kappa shape index (κ3) is 4.96. The molecule has 190 valence electrons. The van der Waals surface area contributed by atoms with Gasteiger partial charge in [0.05, 0.1) is 28.5 Å². The Bertz CT molecular complexity index is 1580. The minimum atomic E-state index is -3.99. The molecular formula is C23H22F3N5O3S2. The molecule has 0 aliphatic carbocycles. The van der Waals surface area contributed by atoms with Crippen LogP contribution in [-0.4, -0.2) is 34.5 Å². The summed E-state index contributed by atoms with van der Waals surface area (Å²) in [6.07, 6.45) is 2.90. The summed E-state index contributed by atoms with van der Waals surface area (Å²) in [5, 5.41) is 12.1. The van der Waals surface area contributed by atoms with Crippen LogP contribution in [0.4, 0.5) is 19.0 Å². The lowest BCUT2D eigenvalue weighted by molar-refractivity contribution is 0.0569. The third-order valence-corrected chi connectivity index (χ3v) is 7.44. The van der Waals surface area contributed by atoms with Gasteiger partial charge in [-0.25, -0.2) is 22.8 Å². The number of hydrogen-bond acceptors (Lipinski definition) is 7. The molecule has 13 heteroatoms. The van der Waals surface area contributed by atoms with E-state index in [4.69, 9.17) is 5.26 Å². The van der Waals surface area contributed by atoms with Gasteiger partial charge < -0.3 is 5.32 Å². The number of aryl methyl sites for hydroxylation is 1. The highest BCUT2D eigenvalue weighted by Gasteiger charge is 2.35. The Labute approximate surface area is 211 Å². The predicted octanol–water partition coefficient (Wildman–Crippen LogP) is 3.57. The number of hydrogen-bond donors (Lipinski definition) is 1. The Morgan fingerprint density at radius 1 is 1.28 bits per heavy atom. The van der Waals surface area contributed by atoms with Gasteiger partial charge in [-0.3, -0.25) is 9.36 Å². The van der Waals surface area contributed by atoms with Crippen LogP contribution in [0.3, 0.4) is 0 Å². The smallest absolute Gasteiger partial charge is 0.360 e. The average molecular weight is 538 g/mol. The standard InChI is InChI=1S/C23H20F3N5O3S.H2S/c1-13(15-4-3-5-18(19(15)24)23(25,26)11-27)30-20-17-10-16(14-6-8-35(33,34)9-7-14)22(32)31(2)21(17)29-12-28-20;/h3-6,10,12-13H,7-9H2,1-2H3,(H,28,29,30);1H2/t13-;/m0./s1. The number of aromatic nitrogens is 3. The number of allylic oxidation sites excluding steroid dienone is 1. The van der Waals surface area contributed by atoms with Gasteiger partial charge in [0.1, 0.15) is 29.7 Å². The molecule has 3 heterocycles.